The molecule has 0 amide bonds. The Labute approximate surface area is 190 Å². The number of benzene rings is 3. The molecule has 0 aliphatic carbocycles. The van der Waals surface area contributed by atoms with E-state index in [0.29, 0.717) is 0 Å². The average Bonchev–Trinajstić information content (AvgIpc) is 3.20. The first-order chi connectivity index (χ1) is 15.1. The van der Waals surface area contributed by atoms with Gasteiger partial charge in [-0.1, -0.05) is 66.4 Å². The highest BCUT2D eigenvalue weighted by molar-refractivity contribution is 7.99. The molecule has 0 spiro atoms. The lowest BCUT2D eigenvalue weighted by atomic mass is 10.0. The minimum absolute atomic E-state index is 0.463. The van der Waals surface area contributed by atoms with E-state index >= 15 is 0 Å². The molecule has 0 saturated heterocycles. The Morgan fingerprint density at radius 3 is 2.32 bits per heavy atom. The van der Waals surface area contributed by atoms with Gasteiger partial charge in [-0.25, -0.2) is 0 Å². The molecule has 0 radical (unpaired) electrons. The lowest BCUT2D eigenvalue weighted by Gasteiger charge is -2.18. The maximum Gasteiger partial charge on any atom is 0.0802 e. The van der Waals surface area contributed by atoms with Crippen LogP contribution in [0.3, 0.4) is 0 Å². The van der Waals surface area contributed by atoms with Crippen LogP contribution in [-0.2, 0) is 13.1 Å². The van der Waals surface area contributed by atoms with Gasteiger partial charge in [-0.05, 0) is 60.2 Å². The summed E-state index contributed by atoms with van der Waals surface area (Å²) in [5.41, 5.74) is 7.34. The van der Waals surface area contributed by atoms with Gasteiger partial charge in [-0.3, -0.25) is 4.90 Å². The molecule has 3 aromatic carbocycles. The van der Waals surface area contributed by atoms with Crippen molar-refractivity contribution in [3.63, 3.8) is 0 Å². The zero-order valence-corrected chi connectivity index (χ0v) is 19.1. The Morgan fingerprint density at radius 1 is 0.935 bits per heavy atom. The highest BCUT2D eigenvalue weighted by Gasteiger charge is 2.19. The zero-order valence-electron chi connectivity index (χ0n) is 18.3. The van der Waals surface area contributed by atoms with Gasteiger partial charge in [0.2, 0.25) is 0 Å². The third-order valence-electron chi connectivity index (χ3n) is 5.83. The molecule has 1 aliphatic heterocycles. The highest BCUT2D eigenvalue weighted by atomic mass is 32.2. The van der Waals surface area contributed by atoms with Crippen molar-refractivity contribution in [2.45, 2.75) is 44.4 Å². The van der Waals surface area contributed by atoms with E-state index in [-0.39, 0.29) is 0 Å². The lowest BCUT2D eigenvalue weighted by Crippen LogP contribution is -2.19. The number of aliphatic hydroxyl groups is 1. The third-order valence-corrected chi connectivity index (χ3v) is 7.05. The molecule has 1 atom stereocenters. The van der Waals surface area contributed by atoms with Crippen LogP contribution < -0.4 is 0 Å². The van der Waals surface area contributed by atoms with Gasteiger partial charge < -0.3 is 5.11 Å². The first-order valence-electron chi connectivity index (χ1n) is 10.8. The van der Waals surface area contributed by atoms with Crippen molar-refractivity contribution in [2.75, 3.05) is 12.3 Å². The summed E-state index contributed by atoms with van der Waals surface area (Å²) in [7, 11) is 0. The Balaban J connectivity index is 1.31. The molecule has 0 fully saturated rings. The molecule has 1 heterocycles. The van der Waals surface area contributed by atoms with Crippen LogP contribution in [0.15, 0.2) is 71.6 Å². The number of fused-ring (bicyclic) bond motifs is 1. The minimum atomic E-state index is -0.463. The first-order valence-corrected chi connectivity index (χ1v) is 11.8. The van der Waals surface area contributed by atoms with Crippen LogP contribution in [0.2, 0.25) is 0 Å². The van der Waals surface area contributed by atoms with Gasteiger partial charge in [0.1, 0.15) is 0 Å². The molecule has 0 bridgehead atoms. The Bertz CT molecular complexity index is 1070. The second-order valence-corrected chi connectivity index (χ2v) is 9.21. The van der Waals surface area contributed by atoms with Gasteiger partial charge in [-0.2, -0.15) is 0 Å². The molecule has 0 unspecified atom stereocenters. The topological polar surface area (TPSA) is 23.5 Å². The summed E-state index contributed by atoms with van der Waals surface area (Å²) in [5.74, 6) is 7.30. The maximum absolute atomic E-state index is 10.7. The third kappa shape index (κ3) is 5.60. The SMILES string of the molecule is Cc1cccc(C)c1SCC#Cc1cccc([C@H](O)CCN2Cc3ccccc3C2)c1. The van der Waals surface area contributed by atoms with E-state index in [4.69, 9.17) is 0 Å². The molecular weight excluding hydrogens is 398 g/mol. The maximum atomic E-state index is 10.7. The molecule has 0 aromatic heterocycles. The van der Waals surface area contributed by atoms with Crippen LogP contribution >= 0.6 is 11.8 Å². The van der Waals surface area contributed by atoms with Crippen LogP contribution in [0.5, 0.6) is 0 Å². The van der Waals surface area contributed by atoms with Gasteiger partial charge >= 0.3 is 0 Å². The number of rotatable bonds is 6. The molecule has 3 aromatic rings. The van der Waals surface area contributed by atoms with Crippen molar-refractivity contribution in [1.29, 1.82) is 0 Å². The number of hydrogen-bond acceptors (Lipinski definition) is 3. The second-order valence-electron chi connectivity index (χ2n) is 8.22. The fraction of sp³-hybridized carbons (Fsp3) is 0.286. The summed E-state index contributed by atoms with van der Waals surface area (Å²) in [4.78, 5) is 3.73. The van der Waals surface area contributed by atoms with E-state index in [1.54, 1.807) is 11.8 Å². The van der Waals surface area contributed by atoms with Crippen LogP contribution in [0.1, 0.15) is 45.9 Å². The molecule has 0 saturated carbocycles. The molecule has 3 heteroatoms. The van der Waals surface area contributed by atoms with Crippen LogP contribution in [-0.4, -0.2) is 22.3 Å². The van der Waals surface area contributed by atoms with Crippen LogP contribution in [0.4, 0.5) is 0 Å². The van der Waals surface area contributed by atoms with Crippen molar-refractivity contribution >= 4 is 11.8 Å². The fourth-order valence-corrected chi connectivity index (χ4v) is 5.01. The van der Waals surface area contributed by atoms with Crippen LogP contribution in [0.25, 0.3) is 0 Å². The Kier molecular flexibility index (Phi) is 7.14. The van der Waals surface area contributed by atoms with Crippen molar-refractivity contribution < 1.29 is 5.11 Å². The fourth-order valence-electron chi connectivity index (χ4n) is 4.13. The van der Waals surface area contributed by atoms with E-state index in [2.05, 4.69) is 73.1 Å². The molecule has 2 nitrogen and oxygen atoms in total. The van der Waals surface area contributed by atoms with Crippen molar-refractivity contribution in [2.24, 2.45) is 0 Å². The monoisotopic (exact) mass is 427 g/mol. The molecular formula is C28H29NOS. The van der Waals surface area contributed by atoms with Gasteiger partial charge in [0.15, 0.2) is 0 Å². The number of aryl methyl sites for hydroxylation is 2. The minimum Gasteiger partial charge on any atom is -0.388 e. The summed E-state index contributed by atoms with van der Waals surface area (Å²) in [6.45, 7) is 7.14. The quantitative estimate of drug-likeness (QED) is 0.392. The second kappa shape index (κ2) is 10.2. The summed E-state index contributed by atoms with van der Waals surface area (Å²) < 4.78 is 0. The molecule has 4 rings (SSSR count). The van der Waals surface area contributed by atoms with Crippen molar-refractivity contribution in [3.05, 3.63) is 100 Å². The number of aliphatic hydroxyl groups excluding tert-OH is 1. The smallest absolute Gasteiger partial charge is 0.0802 e. The van der Waals surface area contributed by atoms with Gasteiger partial charge in [-0.15, -0.1) is 11.8 Å². The Morgan fingerprint density at radius 2 is 1.61 bits per heavy atom. The summed E-state index contributed by atoms with van der Waals surface area (Å²) in [5, 5.41) is 10.7. The summed E-state index contributed by atoms with van der Waals surface area (Å²) in [6, 6.07) is 23.0. The number of thioether (sulfide) groups is 1. The largest absolute Gasteiger partial charge is 0.388 e. The molecule has 158 valence electrons. The summed E-state index contributed by atoms with van der Waals surface area (Å²) in [6.07, 6.45) is 0.266. The van der Waals surface area contributed by atoms with E-state index in [1.165, 1.54) is 27.1 Å². The normalized spacial score (nSPS) is 14.0. The van der Waals surface area contributed by atoms with Crippen LogP contribution in [0, 0.1) is 25.7 Å². The first kappa shape index (κ1) is 21.7. The molecule has 31 heavy (non-hydrogen) atoms. The standard InChI is InChI=1S/C28H29NOS/c1-21-8-5-9-22(2)28(21)31-17-7-11-23-10-6-14-24(18-23)27(30)15-16-29-19-25-12-3-4-13-26(25)20-29/h3-6,8-10,12-14,18,27,30H,15-17,19-20H2,1-2H3/t27-/m1/s1. The van der Waals surface area contributed by atoms with E-state index in [1.807, 2.05) is 24.3 Å². The van der Waals surface area contributed by atoms with Gasteiger partial charge in [0.05, 0.1) is 11.9 Å². The number of nitrogens with zero attached hydrogens (tertiary/aromatic N) is 1. The van der Waals surface area contributed by atoms with Crippen molar-refractivity contribution in [1.82, 2.24) is 4.90 Å². The number of hydrogen-bond donors (Lipinski definition) is 1. The van der Waals surface area contributed by atoms with E-state index in [0.717, 1.165) is 42.9 Å². The van der Waals surface area contributed by atoms with E-state index < -0.39 is 6.10 Å². The molecule has 1 aliphatic rings. The Hall–Kier alpha value is -2.51. The van der Waals surface area contributed by atoms with E-state index in [9.17, 15) is 5.11 Å². The van der Waals surface area contributed by atoms with Crippen molar-refractivity contribution in [3.8, 4) is 11.8 Å². The molecule has 1 N–H and O–H groups in total. The summed E-state index contributed by atoms with van der Waals surface area (Å²) >= 11 is 1.79. The predicted molar refractivity (Wildman–Crippen MR) is 130 cm³/mol. The van der Waals surface area contributed by atoms with Gasteiger partial charge in [0.25, 0.3) is 0 Å². The lowest BCUT2D eigenvalue weighted by molar-refractivity contribution is 0.141. The van der Waals surface area contributed by atoms with Gasteiger partial charge in [0, 0.05) is 30.1 Å². The predicted octanol–water partition coefficient (Wildman–Crippen LogP) is 5.89. The average molecular weight is 428 g/mol. The highest BCUT2D eigenvalue weighted by Crippen LogP contribution is 2.26. The zero-order chi connectivity index (χ0) is 21.6.